The number of amides is 1. The molecule has 98 valence electrons. The second kappa shape index (κ2) is 7.76. The number of azide groups is 1. The van der Waals surface area contributed by atoms with Crippen LogP contribution < -0.4 is 11.1 Å². The van der Waals surface area contributed by atoms with Gasteiger partial charge in [-0.2, -0.15) is 0 Å². The lowest BCUT2D eigenvalue weighted by Gasteiger charge is -2.22. The molecule has 0 aromatic heterocycles. The molecular weight excluding hydrogens is 222 g/mol. The minimum absolute atomic E-state index is 0.204. The van der Waals surface area contributed by atoms with Gasteiger partial charge in [0.2, 0.25) is 0 Å². The van der Waals surface area contributed by atoms with E-state index in [0.29, 0.717) is 13.0 Å². The molecule has 3 N–H and O–H groups in total. The topological polar surface area (TPSA) is 113 Å². The molecule has 1 amide bonds. The molecule has 0 unspecified atom stereocenters. The van der Waals surface area contributed by atoms with Crippen LogP contribution >= 0.6 is 0 Å². The monoisotopic (exact) mass is 243 g/mol. The van der Waals surface area contributed by atoms with Gasteiger partial charge in [-0.05, 0) is 45.7 Å². The molecule has 7 nitrogen and oxygen atoms in total. The number of nitrogens with zero attached hydrogens (tertiary/aromatic N) is 3. The summed E-state index contributed by atoms with van der Waals surface area (Å²) in [6.45, 7) is 6.09. The van der Waals surface area contributed by atoms with E-state index in [-0.39, 0.29) is 12.6 Å². The summed E-state index contributed by atoms with van der Waals surface area (Å²) in [6.07, 6.45) is 0.906. The summed E-state index contributed by atoms with van der Waals surface area (Å²) < 4.78 is 5.11. The fourth-order valence-corrected chi connectivity index (χ4v) is 1.18. The molecule has 1 atom stereocenters. The van der Waals surface area contributed by atoms with E-state index in [9.17, 15) is 4.79 Å². The smallest absolute Gasteiger partial charge is 0.407 e. The highest BCUT2D eigenvalue weighted by atomic mass is 16.6. The summed E-state index contributed by atoms with van der Waals surface area (Å²) in [4.78, 5) is 14.2. The van der Waals surface area contributed by atoms with Gasteiger partial charge in [0, 0.05) is 17.5 Å². The second-order valence-electron chi connectivity index (χ2n) is 4.69. The molecular formula is C10H21N5O2. The van der Waals surface area contributed by atoms with Crippen LogP contribution in [0.2, 0.25) is 0 Å². The first-order valence-electron chi connectivity index (χ1n) is 5.59. The lowest BCUT2D eigenvalue weighted by atomic mass is 10.1. The summed E-state index contributed by atoms with van der Waals surface area (Å²) in [5.41, 5.74) is 13.1. The van der Waals surface area contributed by atoms with E-state index in [4.69, 9.17) is 16.0 Å². The molecule has 0 aliphatic rings. The average molecular weight is 243 g/mol. The van der Waals surface area contributed by atoms with Gasteiger partial charge in [0.25, 0.3) is 0 Å². The zero-order valence-corrected chi connectivity index (χ0v) is 10.6. The number of nitrogens with one attached hydrogen (secondary N) is 1. The van der Waals surface area contributed by atoms with Gasteiger partial charge in [-0.15, -0.1) is 0 Å². The van der Waals surface area contributed by atoms with Gasteiger partial charge >= 0.3 is 6.09 Å². The molecule has 0 spiro atoms. The number of hydrogen-bond acceptors (Lipinski definition) is 4. The number of carbonyl (C=O) groups excluding carboxylic acids is 1. The number of hydrogen-bond donors (Lipinski definition) is 2. The molecule has 0 heterocycles. The first-order valence-corrected chi connectivity index (χ1v) is 5.59. The van der Waals surface area contributed by atoms with Crippen molar-refractivity contribution in [2.24, 2.45) is 10.8 Å². The molecule has 0 bridgehead atoms. The Labute approximate surface area is 101 Å². The Morgan fingerprint density at radius 2 is 2.24 bits per heavy atom. The molecule has 0 aromatic rings. The van der Waals surface area contributed by atoms with Crippen molar-refractivity contribution in [1.29, 1.82) is 0 Å². The van der Waals surface area contributed by atoms with Crippen LogP contribution in [0.4, 0.5) is 4.79 Å². The summed E-state index contributed by atoms with van der Waals surface area (Å²) >= 11 is 0. The minimum atomic E-state index is -0.541. The molecule has 0 saturated carbocycles. The SMILES string of the molecule is CC(C)(C)OC(=O)N[C@@H](CCCN)CN=[N+]=[N-]. The lowest BCUT2D eigenvalue weighted by molar-refractivity contribution is 0.0503. The molecule has 0 aromatic carbocycles. The van der Waals surface area contributed by atoms with Gasteiger partial charge in [0.15, 0.2) is 0 Å². The van der Waals surface area contributed by atoms with Gasteiger partial charge in [-0.3, -0.25) is 0 Å². The predicted octanol–water partition coefficient (Wildman–Crippen LogP) is 1.93. The van der Waals surface area contributed by atoms with Gasteiger partial charge in [0.05, 0.1) is 0 Å². The van der Waals surface area contributed by atoms with Gasteiger partial charge in [0.1, 0.15) is 5.60 Å². The zero-order valence-electron chi connectivity index (χ0n) is 10.6. The average Bonchev–Trinajstić information content (AvgIpc) is 2.19. The van der Waals surface area contributed by atoms with Crippen molar-refractivity contribution >= 4 is 6.09 Å². The van der Waals surface area contributed by atoms with Gasteiger partial charge in [-0.1, -0.05) is 5.11 Å². The Morgan fingerprint density at radius 3 is 2.71 bits per heavy atom. The normalized spacial score (nSPS) is 12.5. The fourth-order valence-electron chi connectivity index (χ4n) is 1.18. The molecule has 0 radical (unpaired) electrons. The van der Waals surface area contributed by atoms with E-state index < -0.39 is 11.7 Å². The van der Waals surface area contributed by atoms with Crippen LogP contribution in [0.25, 0.3) is 10.4 Å². The van der Waals surface area contributed by atoms with Gasteiger partial charge < -0.3 is 15.8 Å². The van der Waals surface area contributed by atoms with Crippen LogP contribution in [0.5, 0.6) is 0 Å². The zero-order chi connectivity index (χ0) is 13.3. The number of nitrogens with two attached hydrogens (primary N) is 1. The number of alkyl carbamates (subject to hydrolysis) is 1. The van der Waals surface area contributed by atoms with Crippen molar-refractivity contribution in [3.05, 3.63) is 10.4 Å². The van der Waals surface area contributed by atoms with Crippen molar-refractivity contribution in [3.8, 4) is 0 Å². The number of carbonyl (C=O) groups is 1. The highest BCUT2D eigenvalue weighted by Gasteiger charge is 2.18. The van der Waals surface area contributed by atoms with Crippen molar-refractivity contribution in [2.75, 3.05) is 13.1 Å². The minimum Gasteiger partial charge on any atom is -0.444 e. The molecule has 7 heteroatoms. The first-order chi connectivity index (χ1) is 7.89. The molecule has 0 rings (SSSR count). The Kier molecular flexibility index (Phi) is 7.09. The van der Waals surface area contributed by atoms with E-state index >= 15 is 0 Å². The Hall–Kier alpha value is -1.46. The van der Waals surface area contributed by atoms with Crippen LogP contribution in [-0.4, -0.2) is 30.8 Å². The van der Waals surface area contributed by atoms with E-state index in [1.807, 2.05) is 0 Å². The Bertz CT molecular complexity index is 281. The summed E-state index contributed by atoms with van der Waals surface area (Å²) in [7, 11) is 0. The summed E-state index contributed by atoms with van der Waals surface area (Å²) in [6, 6.07) is -0.232. The molecule has 0 aliphatic heterocycles. The molecule has 0 aliphatic carbocycles. The van der Waals surface area contributed by atoms with Crippen LogP contribution in [0.1, 0.15) is 33.6 Å². The highest BCUT2D eigenvalue weighted by Crippen LogP contribution is 2.07. The fraction of sp³-hybridized carbons (Fsp3) is 0.900. The first kappa shape index (κ1) is 15.5. The van der Waals surface area contributed by atoms with Crippen molar-refractivity contribution < 1.29 is 9.53 Å². The third-order valence-electron chi connectivity index (χ3n) is 1.84. The number of ether oxygens (including phenoxy) is 1. The van der Waals surface area contributed by atoms with Crippen LogP contribution in [0, 0.1) is 0 Å². The predicted molar refractivity (Wildman–Crippen MR) is 65.5 cm³/mol. The second-order valence-corrected chi connectivity index (χ2v) is 4.69. The molecule has 17 heavy (non-hydrogen) atoms. The third-order valence-corrected chi connectivity index (χ3v) is 1.84. The maximum atomic E-state index is 11.5. The Balaban J connectivity index is 4.21. The van der Waals surface area contributed by atoms with Crippen LogP contribution in [0.3, 0.4) is 0 Å². The van der Waals surface area contributed by atoms with E-state index in [1.165, 1.54) is 0 Å². The van der Waals surface area contributed by atoms with Crippen LogP contribution in [0.15, 0.2) is 5.11 Å². The summed E-state index contributed by atoms with van der Waals surface area (Å²) in [5.74, 6) is 0. The largest absolute Gasteiger partial charge is 0.444 e. The standard InChI is InChI=1S/C10H21N5O2/c1-10(2,3)17-9(16)14-8(5-4-6-11)7-13-15-12/h8H,4-7,11H2,1-3H3,(H,14,16)/t8-/m0/s1. The van der Waals surface area contributed by atoms with Gasteiger partial charge in [-0.25, -0.2) is 4.79 Å². The summed E-state index contributed by atoms with van der Waals surface area (Å²) in [5, 5.41) is 6.11. The third kappa shape index (κ3) is 9.47. The highest BCUT2D eigenvalue weighted by molar-refractivity contribution is 5.68. The molecule has 0 fully saturated rings. The van der Waals surface area contributed by atoms with E-state index in [1.54, 1.807) is 20.8 Å². The van der Waals surface area contributed by atoms with E-state index in [2.05, 4.69) is 15.3 Å². The van der Waals surface area contributed by atoms with E-state index in [0.717, 1.165) is 6.42 Å². The Morgan fingerprint density at radius 1 is 1.59 bits per heavy atom. The quantitative estimate of drug-likeness (QED) is 0.422. The maximum Gasteiger partial charge on any atom is 0.407 e. The molecule has 0 saturated heterocycles. The maximum absolute atomic E-state index is 11.5. The van der Waals surface area contributed by atoms with Crippen molar-refractivity contribution in [2.45, 2.75) is 45.3 Å². The lowest BCUT2D eigenvalue weighted by Crippen LogP contribution is -2.40. The number of rotatable bonds is 6. The van der Waals surface area contributed by atoms with Crippen molar-refractivity contribution in [3.63, 3.8) is 0 Å². The van der Waals surface area contributed by atoms with Crippen molar-refractivity contribution in [1.82, 2.24) is 5.32 Å². The van der Waals surface area contributed by atoms with Crippen LogP contribution in [-0.2, 0) is 4.74 Å².